The van der Waals surface area contributed by atoms with Gasteiger partial charge in [-0.3, -0.25) is 9.59 Å². The second-order valence-corrected chi connectivity index (χ2v) is 3.92. The molecule has 0 bridgehead atoms. The fourth-order valence-electron chi connectivity index (χ4n) is 1.79. The number of pyridine rings is 1. The molecule has 2 N–H and O–H groups in total. The van der Waals surface area contributed by atoms with E-state index in [0.717, 1.165) is 6.42 Å². The molecule has 0 aliphatic heterocycles. The van der Waals surface area contributed by atoms with Crippen LogP contribution in [-0.4, -0.2) is 15.9 Å². The van der Waals surface area contributed by atoms with Gasteiger partial charge in [-0.15, -0.1) is 0 Å². The minimum absolute atomic E-state index is 0.114. The van der Waals surface area contributed by atoms with E-state index in [9.17, 15) is 14.7 Å². The number of fused-ring (bicyclic) bond motifs is 1. The summed E-state index contributed by atoms with van der Waals surface area (Å²) in [7, 11) is 0. The summed E-state index contributed by atoms with van der Waals surface area (Å²) in [5.74, 6) is -0.254. The van der Waals surface area contributed by atoms with Crippen LogP contribution in [0.15, 0.2) is 29.1 Å². The summed E-state index contributed by atoms with van der Waals surface area (Å²) in [6, 6.07) is 6.30. The lowest BCUT2D eigenvalue weighted by Crippen LogP contribution is -2.05. The van der Waals surface area contributed by atoms with Gasteiger partial charge in [0.15, 0.2) is 11.5 Å². The fourth-order valence-corrected chi connectivity index (χ4v) is 1.79. The van der Waals surface area contributed by atoms with E-state index >= 15 is 0 Å². The number of hydrogen-bond donors (Lipinski definition) is 2. The second-order valence-electron chi connectivity index (χ2n) is 3.92. The molecule has 17 heavy (non-hydrogen) atoms. The van der Waals surface area contributed by atoms with Crippen molar-refractivity contribution in [2.45, 2.75) is 19.8 Å². The van der Waals surface area contributed by atoms with Crippen LogP contribution in [0.3, 0.4) is 0 Å². The highest BCUT2D eigenvalue weighted by Crippen LogP contribution is 2.27. The predicted octanol–water partition coefficient (Wildman–Crippen LogP) is 2.22. The summed E-state index contributed by atoms with van der Waals surface area (Å²) >= 11 is 0. The molecule has 4 heteroatoms. The Morgan fingerprint density at radius 2 is 2.00 bits per heavy atom. The van der Waals surface area contributed by atoms with E-state index in [1.807, 2.05) is 6.92 Å². The fraction of sp³-hybridized carbons (Fsp3) is 0.231. The number of Topliss-reactive ketones (excluding diaryl/α,β-unsaturated/α-hetero) is 1. The molecule has 0 saturated heterocycles. The van der Waals surface area contributed by atoms with Crippen LogP contribution in [0, 0.1) is 0 Å². The van der Waals surface area contributed by atoms with E-state index in [1.165, 1.54) is 6.07 Å². The number of phenolic OH excluding ortho intramolecular Hbond substituents is 1. The average Bonchev–Trinajstić information content (AvgIpc) is 2.30. The van der Waals surface area contributed by atoms with Gasteiger partial charge in [0.2, 0.25) is 5.56 Å². The van der Waals surface area contributed by atoms with Crippen LogP contribution in [0.5, 0.6) is 5.75 Å². The monoisotopic (exact) mass is 231 g/mol. The van der Waals surface area contributed by atoms with Crippen LogP contribution in [0.2, 0.25) is 0 Å². The molecule has 0 radical (unpaired) electrons. The summed E-state index contributed by atoms with van der Waals surface area (Å²) in [6.45, 7) is 1.90. The molecule has 0 fully saturated rings. The number of carbonyl (C=O) groups excluding carboxylic acids is 1. The molecular formula is C13H13NO3. The Hall–Kier alpha value is -2.10. The SMILES string of the molecule is CCCC(=O)c1ccc2ccc(=O)[nH]c2c1O. The van der Waals surface area contributed by atoms with Gasteiger partial charge >= 0.3 is 0 Å². The van der Waals surface area contributed by atoms with Crippen LogP contribution in [-0.2, 0) is 0 Å². The number of aromatic nitrogens is 1. The zero-order chi connectivity index (χ0) is 12.4. The van der Waals surface area contributed by atoms with E-state index in [0.29, 0.717) is 17.3 Å². The molecule has 4 nitrogen and oxygen atoms in total. The van der Waals surface area contributed by atoms with Gasteiger partial charge in [0.1, 0.15) is 0 Å². The van der Waals surface area contributed by atoms with Gasteiger partial charge in [-0.2, -0.15) is 0 Å². The largest absolute Gasteiger partial charge is 0.505 e. The summed E-state index contributed by atoms with van der Waals surface area (Å²) in [4.78, 5) is 25.5. The third-order valence-electron chi connectivity index (χ3n) is 2.65. The number of rotatable bonds is 3. The number of H-pyrrole nitrogens is 1. The van der Waals surface area contributed by atoms with Crippen molar-refractivity contribution in [1.82, 2.24) is 4.98 Å². The number of ketones is 1. The number of carbonyl (C=O) groups is 1. The first kappa shape index (κ1) is 11.4. The van der Waals surface area contributed by atoms with Crippen LogP contribution < -0.4 is 5.56 Å². The summed E-state index contributed by atoms with van der Waals surface area (Å²) < 4.78 is 0. The molecule has 0 unspecified atom stereocenters. The zero-order valence-corrected chi connectivity index (χ0v) is 9.49. The van der Waals surface area contributed by atoms with Gasteiger partial charge in [0.05, 0.1) is 11.1 Å². The van der Waals surface area contributed by atoms with Crippen molar-refractivity contribution in [3.05, 3.63) is 40.2 Å². The van der Waals surface area contributed by atoms with Crippen molar-refractivity contribution in [2.75, 3.05) is 0 Å². The van der Waals surface area contributed by atoms with E-state index < -0.39 is 0 Å². The number of benzene rings is 1. The molecule has 0 saturated carbocycles. The number of nitrogens with one attached hydrogen (secondary N) is 1. The first-order valence-electron chi connectivity index (χ1n) is 5.51. The van der Waals surface area contributed by atoms with Crippen molar-refractivity contribution in [3.8, 4) is 5.75 Å². The molecule has 1 aromatic heterocycles. The average molecular weight is 231 g/mol. The molecule has 2 aromatic rings. The second kappa shape index (κ2) is 4.41. The Morgan fingerprint density at radius 3 is 2.71 bits per heavy atom. The lowest BCUT2D eigenvalue weighted by atomic mass is 10.0. The standard InChI is InChI=1S/C13H13NO3/c1-2-3-10(15)9-6-4-8-5-7-11(16)14-12(8)13(9)17/h4-7,17H,2-3H2,1H3,(H,14,16). The normalized spacial score (nSPS) is 10.6. The Balaban J connectivity index is 2.64. The van der Waals surface area contributed by atoms with Gasteiger partial charge in [0.25, 0.3) is 0 Å². The van der Waals surface area contributed by atoms with Crippen LogP contribution in [0.25, 0.3) is 10.9 Å². The first-order chi connectivity index (χ1) is 8.13. The predicted molar refractivity (Wildman–Crippen MR) is 65.5 cm³/mol. The van der Waals surface area contributed by atoms with Crippen LogP contribution in [0.1, 0.15) is 30.1 Å². The maximum Gasteiger partial charge on any atom is 0.248 e. The maximum atomic E-state index is 11.7. The highest BCUT2D eigenvalue weighted by molar-refractivity contribution is 6.03. The van der Waals surface area contributed by atoms with E-state index in [4.69, 9.17) is 0 Å². The molecule has 0 amide bonds. The van der Waals surface area contributed by atoms with Gasteiger partial charge in [-0.05, 0) is 18.6 Å². The van der Waals surface area contributed by atoms with Crippen LogP contribution >= 0.6 is 0 Å². The molecule has 1 aromatic carbocycles. The van der Waals surface area contributed by atoms with E-state index in [1.54, 1.807) is 18.2 Å². The quantitative estimate of drug-likeness (QED) is 0.796. The molecule has 88 valence electrons. The molecule has 0 atom stereocenters. The van der Waals surface area contributed by atoms with Gasteiger partial charge in [-0.25, -0.2) is 0 Å². The Kier molecular flexibility index (Phi) is 2.95. The minimum Gasteiger partial charge on any atom is -0.505 e. The highest BCUT2D eigenvalue weighted by Gasteiger charge is 2.13. The van der Waals surface area contributed by atoms with E-state index in [2.05, 4.69) is 4.98 Å². The topological polar surface area (TPSA) is 70.2 Å². The number of phenols is 1. The molecule has 1 heterocycles. The number of aromatic hydroxyl groups is 1. The smallest absolute Gasteiger partial charge is 0.248 e. The third kappa shape index (κ3) is 2.06. The van der Waals surface area contributed by atoms with Crippen molar-refractivity contribution >= 4 is 16.7 Å². The van der Waals surface area contributed by atoms with Crippen molar-refractivity contribution < 1.29 is 9.90 Å². The lowest BCUT2D eigenvalue weighted by molar-refractivity contribution is 0.0979. The van der Waals surface area contributed by atoms with Crippen LogP contribution in [0.4, 0.5) is 0 Å². The van der Waals surface area contributed by atoms with E-state index in [-0.39, 0.29) is 22.7 Å². The molecule has 0 spiro atoms. The molecule has 0 aliphatic carbocycles. The van der Waals surface area contributed by atoms with Gasteiger partial charge in [-0.1, -0.05) is 13.0 Å². The molecule has 0 aliphatic rings. The lowest BCUT2D eigenvalue weighted by Gasteiger charge is -2.06. The zero-order valence-electron chi connectivity index (χ0n) is 9.49. The van der Waals surface area contributed by atoms with Crippen molar-refractivity contribution in [1.29, 1.82) is 0 Å². The maximum absolute atomic E-state index is 11.7. The van der Waals surface area contributed by atoms with Crippen molar-refractivity contribution in [3.63, 3.8) is 0 Å². The summed E-state index contributed by atoms with van der Waals surface area (Å²) in [5.41, 5.74) is 0.286. The first-order valence-corrected chi connectivity index (χ1v) is 5.51. The molecule has 2 rings (SSSR count). The number of hydrogen-bond acceptors (Lipinski definition) is 3. The van der Waals surface area contributed by atoms with Gasteiger partial charge in [0, 0.05) is 17.9 Å². The minimum atomic E-state index is -0.298. The highest BCUT2D eigenvalue weighted by atomic mass is 16.3. The summed E-state index contributed by atoms with van der Waals surface area (Å²) in [6.07, 6.45) is 1.11. The Bertz CT molecular complexity index is 628. The Labute approximate surface area is 97.9 Å². The number of aromatic amines is 1. The molecular weight excluding hydrogens is 218 g/mol. The van der Waals surface area contributed by atoms with Gasteiger partial charge < -0.3 is 10.1 Å². The van der Waals surface area contributed by atoms with Crippen molar-refractivity contribution in [2.24, 2.45) is 0 Å². The third-order valence-corrected chi connectivity index (χ3v) is 2.65. The summed E-state index contributed by atoms with van der Waals surface area (Å²) in [5, 5.41) is 10.7. The Morgan fingerprint density at radius 1 is 1.29 bits per heavy atom.